The van der Waals surface area contributed by atoms with E-state index in [4.69, 9.17) is 5.11 Å². The standard InChI is InChI=1S/C12H22N2O5/c1-8(2)4-5-10(15)14-7-11(16)13-6-9(19-3)12(17)18/h8-9H,4-7H2,1-3H3,(H,13,16)(H,14,15)(H,17,18). The third kappa shape index (κ3) is 9.01. The number of hydrogen-bond donors (Lipinski definition) is 3. The second-order valence-corrected chi connectivity index (χ2v) is 4.58. The number of ether oxygens (including phenoxy) is 1. The lowest BCUT2D eigenvalue weighted by Crippen LogP contribution is -2.42. The summed E-state index contributed by atoms with van der Waals surface area (Å²) < 4.78 is 4.65. The number of carboxylic acid groups (broad SMARTS) is 1. The number of methoxy groups -OCH3 is 1. The topological polar surface area (TPSA) is 105 Å². The van der Waals surface area contributed by atoms with Crippen LogP contribution in [0.15, 0.2) is 0 Å². The van der Waals surface area contributed by atoms with Crippen molar-refractivity contribution in [3.8, 4) is 0 Å². The molecule has 0 aromatic carbocycles. The molecule has 0 saturated carbocycles. The van der Waals surface area contributed by atoms with Crippen molar-refractivity contribution in [3.05, 3.63) is 0 Å². The van der Waals surface area contributed by atoms with Crippen LogP contribution in [0.2, 0.25) is 0 Å². The van der Waals surface area contributed by atoms with Crippen LogP contribution in [0.25, 0.3) is 0 Å². The van der Waals surface area contributed by atoms with Gasteiger partial charge in [-0.1, -0.05) is 13.8 Å². The van der Waals surface area contributed by atoms with E-state index in [9.17, 15) is 14.4 Å². The first-order chi connectivity index (χ1) is 8.86. The lowest BCUT2D eigenvalue weighted by atomic mass is 10.1. The van der Waals surface area contributed by atoms with Gasteiger partial charge in [0.05, 0.1) is 13.1 Å². The lowest BCUT2D eigenvalue weighted by molar-refractivity contribution is -0.148. The number of amides is 2. The van der Waals surface area contributed by atoms with Crippen molar-refractivity contribution in [2.75, 3.05) is 20.2 Å². The molecule has 1 unspecified atom stereocenters. The fourth-order valence-corrected chi connectivity index (χ4v) is 1.23. The van der Waals surface area contributed by atoms with Crippen LogP contribution in [0, 0.1) is 5.92 Å². The molecule has 2 amide bonds. The highest BCUT2D eigenvalue weighted by molar-refractivity contribution is 5.85. The molecule has 0 saturated heterocycles. The van der Waals surface area contributed by atoms with Gasteiger partial charge in [0.25, 0.3) is 0 Å². The molecule has 0 aromatic rings. The summed E-state index contributed by atoms with van der Waals surface area (Å²) in [5, 5.41) is 13.5. The summed E-state index contributed by atoms with van der Waals surface area (Å²) in [6, 6.07) is 0. The van der Waals surface area contributed by atoms with Crippen molar-refractivity contribution in [2.24, 2.45) is 5.92 Å². The summed E-state index contributed by atoms with van der Waals surface area (Å²) >= 11 is 0. The van der Waals surface area contributed by atoms with Crippen LogP contribution >= 0.6 is 0 Å². The zero-order valence-electron chi connectivity index (χ0n) is 11.6. The Kier molecular flexibility index (Phi) is 8.52. The predicted molar refractivity (Wildman–Crippen MR) is 68.5 cm³/mol. The molecule has 0 rings (SSSR count). The molecular weight excluding hydrogens is 252 g/mol. The van der Waals surface area contributed by atoms with Gasteiger partial charge in [-0.05, 0) is 12.3 Å². The van der Waals surface area contributed by atoms with E-state index in [2.05, 4.69) is 15.4 Å². The number of rotatable bonds is 9. The first kappa shape index (κ1) is 17.4. The Balaban J connectivity index is 3.81. The van der Waals surface area contributed by atoms with Crippen molar-refractivity contribution in [3.63, 3.8) is 0 Å². The Morgan fingerprint density at radius 1 is 1.16 bits per heavy atom. The molecule has 110 valence electrons. The summed E-state index contributed by atoms with van der Waals surface area (Å²) in [6.45, 7) is 3.73. The fourth-order valence-electron chi connectivity index (χ4n) is 1.23. The predicted octanol–water partition coefficient (Wildman–Crippen LogP) is -0.245. The monoisotopic (exact) mass is 274 g/mol. The molecule has 0 fully saturated rings. The maximum atomic E-state index is 11.4. The van der Waals surface area contributed by atoms with Crippen LogP contribution in [0.5, 0.6) is 0 Å². The molecule has 0 bridgehead atoms. The van der Waals surface area contributed by atoms with Crippen LogP contribution < -0.4 is 10.6 Å². The first-order valence-electron chi connectivity index (χ1n) is 6.15. The van der Waals surface area contributed by atoms with Crippen molar-refractivity contribution in [1.29, 1.82) is 0 Å². The van der Waals surface area contributed by atoms with Crippen LogP contribution in [0.4, 0.5) is 0 Å². The van der Waals surface area contributed by atoms with Crippen molar-refractivity contribution >= 4 is 17.8 Å². The second-order valence-electron chi connectivity index (χ2n) is 4.58. The zero-order chi connectivity index (χ0) is 14.8. The average Bonchev–Trinajstić information content (AvgIpc) is 2.34. The minimum Gasteiger partial charge on any atom is -0.479 e. The molecule has 0 radical (unpaired) electrons. The highest BCUT2D eigenvalue weighted by Crippen LogP contribution is 2.02. The van der Waals surface area contributed by atoms with E-state index < -0.39 is 18.0 Å². The molecule has 0 spiro atoms. The Bertz CT molecular complexity index is 317. The molecule has 0 aliphatic rings. The SMILES string of the molecule is COC(CNC(=O)CNC(=O)CCC(C)C)C(=O)O. The van der Waals surface area contributed by atoms with Gasteiger partial charge in [-0.3, -0.25) is 9.59 Å². The quantitative estimate of drug-likeness (QED) is 0.538. The van der Waals surface area contributed by atoms with E-state index in [0.717, 1.165) is 6.42 Å². The van der Waals surface area contributed by atoms with Gasteiger partial charge in [-0.15, -0.1) is 0 Å². The molecule has 0 aliphatic carbocycles. The number of aliphatic carboxylic acids is 1. The molecular formula is C12H22N2O5. The first-order valence-corrected chi connectivity index (χ1v) is 6.15. The summed E-state index contributed by atoms with van der Waals surface area (Å²) in [6.07, 6.45) is 0.0551. The third-order valence-electron chi connectivity index (χ3n) is 2.44. The van der Waals surface area contributed by atoms with Crippen LogP contribution in [0.3, 0.4) is 0 Å². The molecule has 19 heavy (non-hydrogen) atoms. The Hall–Kier alpha value is -1.63. The highest BCUT2D eigenvalue weighted by Gasteiger charge is 2.17. The summed E-state index contributed by atoms with van der Waals surface area (Å²) in [5.41, 5.74) is 0. The molecule has 0 aliphatic heterocycles. The van der Waals surface area contributed by atoms with Crippen molar-refractivity contribution in [1.82, 2.24) is 10.6 Å². The molecule has 0 aromatic heterocycles. The van der Waals surface area contributed by atoms with Gasteiger partial charge < -0.3 is 20.5 Å². The highest BCUT2D eigenvalue weighted by atomic mass is 16.5. The summed E-state index contributed by atoms with van der Waals surface area (Å²) in [4.78, 5) is 33.3. The minimum absolute atomic E-state index is 0.132. The van der Waals surface area contributed by atoms with Gasteiger partial charge in [0.2, 0.25) is 11.8 Å². The number of carboxylic acids is 1. The maximum Gasteiger partial charge on any atom is 0.334 e. The Morgan fingerprint density at radius 2 is 1.79 bits per heavy atom. The molecule has 0 heterocycles. The van der Waals surface area contributed by atoms with Crippen LogP contribution in [-0.4, -0.2) is 49.2 Å². The largest absolute Gasteiger partial charge is 0.479 e. The average molecular weight is 274 g/mol. The summed E-state index contributed by atoms with van der Waals surface area (Å²) in [7, 11) is 1.25. The number of carbonyl (C=O) groups excluding carboxylic acids is 2. The smallest absolute Gasteiger partial charge is 0.334 e. The van der Waals surface area contributed by atoms with E-state index in [1.54, 1.807) is 0 Å². The lowest BCUT2D eigenvalue weighted by Gasteiger charge is -2.12. The summed E-state index contributed by atoms with van der Waals surface area (Å²) in [5.74, 6) is -1.35. The minimum atomic E-state index is -1.15. The van der Waals surface area contributed by atoms with Crippen molar-refractivity contribution < 1.29 is 24.2 Å². The maximum absolute atomic E-state index is 11.4. The van der Waals surface area contributed by atoms with Gasteiger partial charge in [0.1, 0.15) is 0 Å². The van der Waals surface area contributed by atoms with Gasteiger partial charge in [-0.25, -0.2) is 4.79 Å². The number of nitrogens with one attached hydrogen (secondary N) is 2. The normalized spacial score (nSPS) is 12.0. The van der Waals surface area contributed by atoms with E-state index in [0.29, 0.717) is 12.3 Å². The zero-order valence-corrected chi connectivity index (χ0v) is 11.6. The van der Waals surface area contributed by atoms with E-state index in [1.807, 2.05) is 13.8 Å². The van der Waals surface area contributed by atoms with Crippen LogP contribution in [-0.2, 0) is 19.1 Å². The van der Waals surface area contributed by atoms with E-state index in [-0.39, 0.29) is 19.0 Å². The van der Waals surface area contributed by atoms with Gasteiger partial charge >= 0.3 is 5.97 Å². The van der Waals surface area contributed by atoms with Gasteiger partial charge in [0, 0.05) is 13.5 Å². The van der Waals surface area contributed by atoms with Gasteiger partial charge in [0.15, 0.2) is 6.10 Å². The van der Waals surface area contributed by atoms with Gasteiger partial charge in [-0.2, -0.15) is 0 Å². The Labute approximate surface area is 112 Å². The van der Waals surface area contributed by atoms with E-state index >= 15 is 0 Å². The Morgan fingerprint density at radius 3 is 2.26 bits per heavy atom. The van der Waals surface area contributed by atoms with Crippen LogP contribution in [0.1, 0.15) is 26.7 Å². The molecule has 1 atom stereocenters. The number of hydrogen-bond acceptors (Lipinski definition) is 4. The molecule has 7 heteroatoms. The number of carbonyl (C=O) groups is 3. The molecule has 7 nitrogen and oxygen atoms in total. The third-order valence-corrected chi connectivity index (χ3v) is 2.44. The second kappa shape index (κ2) is 9.32. The van der Waals surface area contributed by atoms with Crippen molar-refractivity contribution in [2.45, 2.75) is 32.8 Å². The van der Waals surface area contributed by atoms with E-state index in [1.165, 1.54) is 7.11 Å². The fraction of sp³-hybridized carbons (Fsp3) is 0.750. The molecule has 3 N–H and O–H groups in total.